The quantitative estimate of drug-likeness (QED) is 0.211. The fourth-order valence-electron chi connectivity index (χ4n) is 5.01. The molecule has 0 atom stereocenters. The number of benzene rings is 3. The number of hydrogen-bond acceptors (Lipinski definition) is 4. The van der Waals surface area contributed by atoms with E-state index in [0.717, 1.165) is 42.4 Å². The summed E-state index contributed by atoms with van der Waals surface area (Å²) < 4.78 is 44.9. The van der Waals surface area contributed by atoms with Crippen LogP contribution in [0.25, 0.3) is 0 Å². The molecule has 6 heteroatoms. The average molecular weight is 502 g/mol. The first kappa shape index (κ1) is 24.9. The highest BCUT2D eigenvalue weighted by Crippen LogP contribution is 2.42. The molecule has 4 nitrogen and oxygen atoms in total. The minimum absolute atomic E-state index is 0.0202. The topological polar surface area (TPSA) is 40.6 Å². The third kappa shape index (κ3) is 5.49. The number of alkyl halides is 2. The molecule has 37 heavy (non-hydrogen) atoms. The van der Waals surface area contributed by atoms with Crippen molar-refractivity contribution in [2.75, 3.05) is 0 Å². The third-order valence-electron chi connectivity index (χ3n) is 6.71. The number of aromatic nitrogens is 1. The molecule has 1 aliphatic rings. The van der Waals surface area contributed by atoms with Gasteiger partial charge in [0.1, 0.15) is 11.3 Å². The van der Waals surface area contributed by atoms with Gasteiger partial charge in [0.05, 0.1) is 12.7 Å². The number of rotatable bonds is 10. The fraction of sp³-hybridized carbons (Fsp3) is 0.258. The van der Waals surface area contributed by atoms with E-state index in [4.69, 9.17) is 14.2 Å². The molecule has 3 aromatic carbocycles. The van der Waals surface area contributed by atoms with Crippen LogP contribution in [0.2, 0.25) is 0 Å². The summed E-state index contributed by atoms with van der Waals surface area (Å²) in [7, 11) is 0. The minimum atomic E-state index is -3.02. The van der Waals surface area contributed by atoms with Crippen LogP contribution in [0.1, 0.15) is 48.1 Å². The zero-order chi connectivity index (χ0) is 25.5. The Morgan fingerprint density at radius 1 is 0.757 bits per heavy atom. The first-order valence-electron chi connectivity index (χ1n) is 12.6. The van der Waals surface area contributed by atoms with E-state index in [1.54, 1.807) is 12.3 Å². The molecule has 1 fully saturated rings. The van der Waals surface area contributed by atoms with Gasteiger partial charge in [0, 0.05) is 12.3 Å². The molecular weight excluding hydrogens is 472 g/mol. The van der Waals surface area contributed by atoms with Gasteiger partial charge in [-0.15, -0.1) is 0 Å². The van der Waals surface area contributed by atoms with E-state index >= 15 is 0 Å². The van der Waals surface area contributed by atoms with E-state index in [2.05, 4.69) is 4.98 Å². The van der Waals surface area contributed by atoms with E-state index < -0.39 is 12.2 Å². The van der Waals surface area contributed by atoms with E-state index in [1.807, 2.05) is 91.0 Å². The molecule has 5 rings (SSSR count). The lowest BCUT2D eigenvalue weighted by atomic mass is 9.80. The molecule has 0 unspecified atom stereocenters. The third-order valence-corrected chi connectivity index (χ3v) is 6.71. The zero-order valence-corrected chi connectivity index (χ0v) is 20.4. The van der Waals surface area contributed by atoms with Gasteiger partial charge in [-0.05, 0) is 42.4 Å². The largest absolute Gasteiger partial charge is 0.486 e. The summed E-state index contributed by atoms with van der Waals surface area (Å²) in [5, 5.41) is 0. The lowest BCUT2D eigenvalue weighted by Crippen LogP contribution is -2.33. The molecule has 0 spiro atoms. The SMILES string of the molecule is FC(F)Oc1c(OC2CCCC2)ccnc1COC(c1ccccc1)(c1ccccc1)c1ccccc1. The summed E-state index contributed by atoms with van der Waals surface area (Å²) in [6.07, 6.45) is 5.43. The maximum absolute atomic E-state index is 13.5. The van der Waals surface area contributed by atoms with E-state index in [1.165, 1.54) is 0 Å². The summed E-state index contributed by atoms with van der Waals surface area (Å²) in [6, 6.07) is 31.2. The van der Waals surface area contributed by atoms with Gasteiger partial charge in [0.2, 0.25) is 0 Å². The van der Waals surface area contributed by atoms with Crippen molar-refractivity contribution in [3.05, 3.63) is 126 Å². The highest BCUT2D eigenvalue weighted by atomic mass is 19.3. The predicted molar refractivity (Wildman–Crippen MR) is 138 cm³/mol. The monoisotopic (exact) mass is 501 g/mol. The summed E-state index contributed by atoms with van der Waals surface area (Å²) in [6.45, 7) is -3.10. The van der Waals surface area contributed by atoms with Crippen LogP contribution in [-0.4, -0.2) is 17.7 Å². The molecule has 0 radical (unpaired) electrons. The Balaban J connectivity index is 1.58. The molecule has 0 aliphatic heterocycles. The molecule has 0 amide bonds. The van der Waals surface area contributed by atoms with Crippen molar-refractivity contribution in [3.63, 3.8) is 0 Å². The second-order valence-electron chi connectivity index (χ2n) is 9.06. The highest BCUT2D eigenvalue weighted by Gasteiger charge is 2.38. The van der Waals surface area contributed by atoms with E-state index in [-0.39, 0.29) is 29.9 Å². The number of hydrogen-bond donors (Lipinski definition) is 0. The van der Waals surface area contributed by atoms with Crippen LogP contribution in [0.15, 0.2) is 103 Å². The van der Waals surface area contributed by atoms with Crippen molar-refractivity contribution in [1.82, 2.24) is 4.98 Å². The summed E-state index contributed by atoms with van der Waals surface area (Å²) in [4.78, 5) is 4.39. The van der Waals surface area contributed by atoms with Crippen molar-refractivity contribution in [1.29, 1.82) is 0 Å². The minimum Gasteiger partial charge on any atom is -0.486 e. The molecule has 0 bridgehead atoms. The van der Waals surface area contributed by atoms with Gasteiger partial charge in [-0.25, -0.2) is 0 Å². The van der Waals surface area contributed by atoms with E-state index in [0.29, 0.717) is 0 Å². The smallest absolute Gasteiger partial charge is 0.387 e. The maximum Gasteiger partial charge on any atom is 0.387 e. The Morgan fingerprint density at radius 2 is 1.27 bits per heavy atom. The van der Waals surface area contributed by atoms with Gasteiger partial charge in [0.25, 0.3) is 0 Å². The maximum atomic E-state index is 13.5. The molecular formula is C31H29F2NO3. The molecule has 0 N–H and O–H groups in total. The number of ether oxygens (including phenoxy) is 3. The normalized spacial score (nSPS) is 14.1. The van der Waals surface area contributed by atoms with Crippen molar-refractivity contribution < 1.29 is 23.0 Å². The summed E-state index contributed by atoms with van der Waals surface area (Å²) in [5.74, 6) is 0.193. The van der Waals surface area contributed by atoms with Gasteiger partial charge in [-0.2, -0.15) is 8.78 Å². The lowest BCUT2D eigenvalue weighted by molar-refractivity contribution is -0.0562. The van der Waals surface area contributed by atoms with Gasteiger partial charge < -0.3 is 14.2 Å². The van der Waals surface area contributed by atoms with Crippen LogP contribution < -0.4 is 9.47 Å². The van der Waals surface area contributed by atoms with Crippen molar-refractivity contribution in [2.24, 2.45) is 0 Å². The van der Waals surface area contributed by atoms with Gasteiger partial charge >= 0.3 is 6.61 Å². The lowest BCUT2D eigenvalue weighted by Gasteiger charge is -2.36. The Hall–Kier alpha value is -3.77. The van der Waals surface area contributed by atoms with Crippen molar-refractivity contribution >= 4 is 0 Å². The second kappa shape index (κ2) is 11.5. The van der Waals surface area contributed by atoms with Crippen LogP contribution in [0.3, 0.4) is 0 Å². The fourth-order valence-corrected chi connectivity index (χ4v) is 5.01. The van der Waals surface area contributed by atoms with Crippen LogP contribution >= 0.6 is 0 Å². The first-order chi connectivity index (χ1) is 18.2. The molecule has 1 heterocycles. The number of halogens is 2. The molecule has 1 aromatic heterocycles. The van der Waals surface area contributed by atoms with Crippen LogP contribution in [-0.2, 0) is 16.9 Å². The van der Waals surface area contributed by atoms with Gasteiger partial charge in [-0.3, -0.25) is 4.98 Å². The Morgan fingerprint density at radius 3 is 1.76 bits per heavy atom. The standard InChI is InChI=1S/C31H29F2NO3/c32-30(33)37-29-27(34-21-20-28(29)36-26-18-10-11-19-26)22-35-31(23-12-4-1-5-13-23,24-14-6-2-7-15-24)25-16-8-3-9-17-25/h1-9,12-17,20-21,26,30H,10-11,18-19,22H2. The summed E-state index contributed by atoms with van der Waals surface area (Å²) >= 11 is 0. The molecule has 190 valence electrons. The van der Waals surface area contributed by atoms with Crippen molar-refractivity contribution in [2.45, 2.75) is 50.6 Å². The van der Waals surface area contributed by atoms with Crippen LogP contribution in [0.4, 0.5) is 8.78 Å². The molecule has 1 saturated carbocycles. The second-order valence-corrected chi connectivity index (χ2v) is 9.06. The van der Waals surface area contributed by atoms with Crippen LogP contribution in [0, 0.1) is 0 Å². The molecule has 4 aromatic rings. The number of pyridine rings is 1. The Kier molecular flexibility index (Phi) is 7.76. The van der Waals surface area contributed by atoms with Crippen molar-refractivity contribution in [3.8, 4) is 11.5 Å². The average Bonchev–Trinajstić information content (AvgIpc) is 3.45. The Bertz CT molecular complexity index is 1170. The Labute approximate surface area is 215 Å². The summed E-state index contributed by atoms with van der Waals surface area (Å²) in [5.41, 5.74) is 1.95. The van der Waals surface area contributed by atoms with E-state index in [9.17, 15) is 8.78 Å². The predicted octanol–water partition coefficient (Wildman–Crippen LogP) is 7.51. The molecule has 1 aliphatic carbocycles. The molecule has 0 saturated heterocycles. The first-order valence-corrected chi connectivity index (χ1v) is 12.6. The number of nitrogens with zero attached hydrogens (tertiary/aromatic N) is 1. The van der Waals surface area contributed by atoms with Crippen LogP contribution in [0.5, 0.6) is 11.5 Å². The van der Waals surface area contributed by atoms with Gasteiger partial charge in [-0.1, -0.05) is 91.0 Å². The highest BCUT2D eigenvalue weighted by molar-refractivity contribution is 5.48. The van der Waals surface area contributed by atoms with Gasteiger partial charge in [0.15, 0.2) is 11.5 Å². The zero-order valence-electron chi connectivity index (χ0n) is 20.4.